The molecule has 0 aliphatic carbocycles. The summed E-state index contributed by atoms with van der Waals surface area (Å²) in [6, 6.07) is 48.2. The predicted molar refractivity (Wildman–Crippen MR) is 178 cm³/mol. The average Bonchev–Trinajstić information content (AvgIpc) is 3.07. The number of hydrogen-bond acceptors (Lipinski definition) is 2. The molecule has 0 aliphatic rings. The van der Waals surface area contributed by atoms with Crippen molar-refractivity contribution in [3.05, 3.63) is 133 Å². The third-order valence-electron chi connectivity index (χ3n) is 8.65. The van der Waals surface area contributed by atoms with E-state index in [9.17, 15) is 0 Å². The maximum atomic E-state index is 5.42. The van der Waals surface area contributed by atoms with Crippen molar-refractivity contribution in [2.24, 2.45) is 0 Å². The van der Waals surface area contributed by atoms with Crippen LogP contribution in [0.5, 0.6) is 11.5 Å². The quantitative estimate of drug-likeness (QED) is 0.207. The van der Waals surface area contributed by atoms with Crippen LogP contribution in [0.25, 0.3) is 76.1 Å². The average molecular weight is 541 g/mol. The molecular weight excluding hydrogens is 512 g/mol. The number of benzene rings is 8. The first-order chi connectivity index (χ1) is 20.7. The summed E-state index contributed by atoms with van der Waals surface area (Å²) in [7, 11) is 3.41. The van der Waals surface area contributed by atoms with Crippen molar-refractivity contribution < 1.29 is 9.47 Å². The normalized spacial score (nSPS) is 11.6. The number of rotatable bonds is 4. The van der Waals surface area contributed by atoms with Gasteiger partial charge in [0.2, 0.25) is 0 Å². The lowest BCUT2D eigenvalue weighted by Gasteiger charge is -2.18. The zero-order chi connectivity index (χ0) is 28.2. The molecule has 8 rings (SSSR count). The van der Waals surface area contributed by atoms with Gasteiger partial charge in [0.05, 0.1) is 14.2 Å². The molecule has 2 nitrogen and oxygen atoms in total. The molecule has 0 spiro atoms. The van der Waals surface area contributed by atoms with E-state index >= 15 is 0 Å². The van der Waals surface area contributed by atoms with E-state index < -0.39 is 0 Å². The molecule has 0 atom stereocenters. The van der Waals surface area contributed by atoms with Crippen LogP contribution in [0, 0.1) is 0 Å². The minimum absolute atomic E-state index is 0.862. The third-order valence-corrected chi connectivity index (χ3v) is 8.65. The van der Waals surface area contributed by atoms with Crippen molar-refractivity contribution in [3.8, 4) is 33.8 Å². The Kier molecular flexibility index (Phi) is 5.61. The first-order valence-electron chi connectivity index (χ1n) is 14.2. The van der Waals surface area contributed by atoms with Gasteiger partial charge >= 0.3 is 0 Å². The van der Waals surface area contributed by atoms with Crippen LogP contribution >= 0.6 is 0 Å². The summed E-state index contributed by atoms with van der Waals surface area (Å²) < 4.78 is 10.8. The van der Waals surface area contributed by atoms with Crippen LogP contribution in [0.1, 0.15) is 0 Å². The summed E-state index contributed by atoms with van der Waals surface area (Å²) in [5, 5.41) is 12.8. The van der Waals surface area contributed by atoms with Crippen molar-refractivity contribution in [1.29, 1.82) is 0 Å². The highest BCUT2D eigenvalue weighted by atomic mass is 16.5. The Balaban J connectivity index is 1.53. The number of methoxy groups -OCH3 is 2. The molecule has 0 radical (unpaired) electrons. The number of fused-ring (bicyclic) bond motifs is 11. The Morgan fingerprint density at radius 1 is 0.310 bits per heavy atom. The molecule has 8 aromatic carbocycles. The highest BCUT2D eigenvalue weighted by molar-refractivity contribution is 6.39. The molecular formula is C40H28O2. The number of ether oxygens (including phenoxy) is 2. The topological polar surface area (TPSA) is 18.5 Å². The fourth-order valence-electron chi connectivity index (χ4n) is 6.60. The molecule has 0 unspecified atom stereocenters. The van der Waals surface area contributed by atoms with E-state index in [2.05, 4.69) is 109 Å². The van der Waals surface area contributed by atoms with Crippen molar-refractivity contribution in [2.45, 2.75) is 0 Å². The monoisotopic (exact) mass is 540 g/mol. The Labute approximate surface area is 244 Å². The van der Waals surface area contributed by atoms with Gasteiger partial charge in [-0.05, 0) is 113 Å². The summed E-state index contributed by atoms with van der Waals surface area (Å²) >= 11 is 0. The zero-order valence-corrected chi connectivity index (χ0v) is 23.5. The Hall–Kier alpha value is -5.34. The van der Waals surface area contributed by atoms with Crippen LogP contribution in [-0.2, 0) is 0 Å². The van der Waals surface area contributed by atoms with Crippen LogP contribution in [-0.4, -0.2) is 14.2 Å². The molecule has 0 bridgehead atoms. The highest BCUT2D eigenvalue weighted by Gasteiger charge is 2.17. The molecule has 0 N–H and O–H groups in total. The van der Waals surface area contributed by atoms with Crippen LogP contribution in [0.4, 0.5) is 0 Å². The lowest BCUT2D eigenvalue weighted by Crippen LogP contribution is -1.90. The Morgan fingerprint density at radius 2 is 0.643 bits per heavy atom. The Bertz CT molecular complexity index is 2130. The van der Waals surface area contributed by atoms with Crippen LogP contribution in [0.2, 0.25) is 0 Å². The summed E-state index contributed by atoms with van der Waals surface area (Å²) in [6.07, 6.45) is 0. The van der Waals surface area contributed by atoms with E-state index in [4.69, 9.17) is 9.47 Å². The van der Waals surface area contributed by atoms with Gasteiger partial charge in [-0.1, -0.05) is 97.1 Å². The maximum Gasteiger partial charge on any atom is 0.118 e. The van der Waals surface area contributed by atoms with E-state index in [0.717, 1.165) is 11.5 Å². The van der Waals surface area contributed by atoms with Crippen molar-refractivity contribution in [2.75, 3.05) is 14.2 Å². The van der Waals surface area contributed by atoms with Crippen LogP contribution < -0.4 is 9.47 Å². The van der Waals surface area contributed by atoms with Gasteiger partial charge in [-0.15, -0.1) is 0 Å². The molecule has 2 heteroatoms. The van der Waals surface area contributed by atoms with E-state index in [1.807, 2.05) is 24.3 Å². The lowest BCUT2D eigenvalue weighted by molar-refractivity contribution is 0.415. The second-order valence-electron chi connectivity index (χ2n) is 10.8. The standard InChI is InChI=1S/C40H28O2/c1-41-29-17-11-25(12-18-29)27-15-21-33-31-7-3-6-10-36(31)40-38-24-28(26-13-19-30(42-2)20-14-26)16-22-34(38)32-8-4-5-9-35(32)39(40)37(33)23-27/h3-24H,1-2H3. The fourth-order valence-corrected chi connectivity index (χ4v) is 6.60. The summed E-state index contributed by atoms with van der Waals surface area (Å²) in [4.78, 5) is 0. The van der Waals surface area contributed by atoms with Crippen molar-refractivity contribution in [1.82, 2.24) is 0 Å². The third kappa shape index (κ3) is 3.73. The first-order valence-corrected chi connectivity index (χ1v) is 14.2. The van der Waals surface area contributed by atoms with Gasteiger partial charge in [0.25, 0.3) is 0 Å². The largest absolute Gasteiger partial charge is 0.497 e. The van der Waals surface area contributed by atoms with Crippen LogP contribution in [0.3, 0.4) is 0 Å². The maximum absolute atomic E-state index is 5.42. The van der Waals surface area contributed by atoms with Gasteiger partial charge in [0, 0.05) is 0 Å². The van der Waals surface area contributed by atoms with E-state index in [-0.39, 0.29) is 0 Å². The van der Waals surface area contributed by atoms with Gasteiger partial charge < -0.3 is 9.47 Å². The summed E-state index contributed by atoms with van der Waals surface area (Å²) in [6.45, 7) is 0. The summed E-state index contributed by atoms with van der Waals surface area (Å²) in [5.74, 6) is 1.72. The van der Waals surface area contributed by atoms with E-state index in [1.165, 1.54) is 76.1 Å². The molecule has 0 fully saturated rings. The molecule has 0 amide bonds. The van der Waals surface area contributed by atoms with Gasteiger partial charge in [0.1, 0.15) is 11.5 Å². The van der Waals surface area contributed by atoms with Crippen molar-refractivity contribution in [3.63, 3.8) is 0 Å². The minimum atomic E-state index is 0.862. The first kappa shape index (κ1) is 24.5. The smallest absolute Gasteiger partial charge is 0.118 e. The second-order valence-corrected chi connectivity index (χ2v) is 10.8. The van der Waals surface area contributed by atoms with Crippen molar-refractivity contribution >= 4 is 53.9 Å². The lowest BCUT2D eigenvalue weighted by atomic mass is 9.85. The Morgan fingerprint density at radius 3 is 1.02 bits per heavy atom. The fraction of sp³-hybridized carbons (Fsp3) is 0.0500. The molecule has 200 valence electrons. The molecule has 8 aromatic rings. The van der Waals surface area contributed by atoms with E-state index in [1.54, 1.807) is 14.2 Å². The molecule has 0 saturated heterocycles. The zero-order valence-electron chi connectivity index (χ0n) is 23.5. The van der Waals surface area contributed by atoms with Crippen LogP contribution in [0.15, 0.2) is 133 Å². The second kappa shape index (κ2) is 9.64. The molecule has 0 saturated carbocycles. The number of hydrogen-bond donors (Lipinski definition) is 0. The van der Waals surface area contributed by atoms with Gasteiger partial charge in [0.15, 0.2) is 0 Å². The van der Waals surface area contributed by atoms with Gasteiger partial charge in [-0.25, -0.2) is 0 Å². The van der Waals surface area contributed by atoms with E-state index in [0.29, 0.717) is 0 Å². The van der Waals surface area contributed by atoms with Gasteiger partial charge in [-0.3, -0.25) is 0 Å². The molecule has 0 heterocycles. The SMILES string of the molecule is COc1ccc(-c2ccc3c4ccccc4c4c5cc(-c6ccc(OC)cc6)ccc5c5ccccc5c4c3c2)cc1. The predicted octanol–water partition coefficient (Wildman–Crippen LogP) is 10.8. The molecule has 0 aliphatic heterocycles. The summed E-state index contributed by atoms with van der Waals surface area (Å²) in [5.41, 5.74) is 4.73. The molecule has 0 aromatic heterocycles. The minimum Gasteiger partial charge on any atom is -0.497 e. The van der Waals surface area contributed by atoms with Gasteiger partial charge in [-0.2, -0.15) is 0 Å². The molecule has 42 heavy (non-hydrogen) atoms. The highest BCUT2D eigenvalue weighted by Crippen LogP contribution is 2.45.